The molecular formula is C18H14ClN3O4S2. The van der Waals surface area contributed by atoms with Crippen molar-refractivity contribution >= 4 is 67.5 Å². The van der Waals surface area contributed by atoms with Crippen LogP contribution in [0.2, 0.25) is 5.02 Å². The van der Waals surface area contributed by atoms with Crippen LogP contribution in [0, 0.1) is 0 Å². The molecule has 2 N–H and O–H groups in total. The minimum atomic E-state index is -0.467. The highest BCUT2D eigenvalue weighted by molar-refractivity contribution is 7.80. The fourth-order valence-electron chi connectivity index (χ4n) is 2.38. The molecule has 1 amide bonds. The Morgan fingerprint density at radius 3 is 2.68 bits per heavy atom. The van der Waals surface area contributed by atoms with Gasteiger partial charge in [0.2, 0.25) is 0 Å². The van der Waals surface area contributed by atoms with Gasteiger partial charge in [-0.15, -0.1) is 0 Å². The number of fused-ring (bicyclic) bond motifs is 1. The Hall–Kier alpha value is -2.75. The minimum absolute atomic E-state index is 0.0688. The number of aromatic nitrogens is 1. The fraction of sp³-hybridized carbons (Fsp3) is 0.111. The summed E-state index contributed by atoms with van der Waals surface area (Å²) >= 11 is 12.4. The van der Waals surface area contributed by atoms with Gasteiger partial charge < -0.3 is 14.8 Å². The lowest BCUT2D eigenvalue weighted by atomic mass is 10.2. The van der Waals surface area contributed by atoms with E-state index in [4.69, 9.17) is 33.3 Å². The number of ether oxygens (including phenoxy) is 2. The topological polar surface area (TPSA) is 89.5 Å². The highest BCUT2D eigenvalue weighted by atomic mass is 35.5. The zero-order valence-corrected chi connectivity index (χ0v) is 17.1. The SMILES string of the molecule is COC(=O)c1ccc2nc(NC(=S)NC(=O)c3cc(Cl)ccc3OC)sc2c1. The Balaban J connectivity index is 1.73. The van der Waals surface area contributed by atoms with Crippen LogP contribution in [0.15, 0.2) is 36.4 Å². The molecule has 0 aliphatic rings. The molecule has 144 valence electrons. The standard InChI is InChI=1S/C18H14ClN3O4S2/c1-25-13-6-4-10(19)8-11(13)15(23)21-17(27)22-18-20-12-5-3-9(16(24)26-2)7-14(12)28-18/h3-8H,1-2H3,(H2,20,21,22,23,27). The van der Waals surface area contributed by atoms with Crippen molar-refractivity contribution in [2.75, 3.05) is 19.5 Å². The largest absolute Gasteiger partial charge is 0.496 e. The molecule has 2 aromatic carbocycles. The Labute approximate surface area is 174 Å². The average Bonchev–Trinajstić information content (AvgIpc) is 3.08. The van der Waals surface area contributed by atoms with Crippen LogP contribution in [0.4, 0.5) is 5.13 Å². The molecule has 10 heteroatoms. The summed E-state index contributed by atoms with van der Waals surface area (Å²) in [5.41, 5.74) is 1.37. The summed E-state index contributed by atoms with van der Waals surface area (Å²) in [4.78, 5) is 28.5. The number of benzene rings is 2. The van der Waals surface area contributed by atoms with Gasteiger partial charge in [-0.1, -0.05) is 22.9 Å². The summed E-state index contributed by atoms with van der Waals surface area (Å²) in [6.45, 7) is 0. The van der Waals surface area contributed by atoms with E-state index in [9.17, 15) is 9.59 Å². The van der Waals surface area contributed by atoms with Gasteiger partial charge in [0.15, 0.2) is 10.2 Å². The number of hydrogen-bond acceptors (Lipinski definition) is 7. The van der Waals surface area contributed by atoms with Crippen LogP contribution in [0.5, 0.6) is 5.75 Å². The molecule has 0 aliphatic carbocycles. The molecule has 0 saturated heterocycles. The third-order valence-corrected chi connectivity index (χ3v) is 5.04. The Bertz CT molecular complexity index is 1080. The molecule has 0 unspecified atom stereocenters. The molecule has 7 nitrogen and oxygen atoms in total. The second-order valence-electron chi connectivity index (χ2n) is 5.45. The van der Waals surface area contributed by atoms with E-state index < -0.39 is 11.9 Å². The number of thiazole rings is 1. The van der Waals surface area contributed by atoms with Gasteiger partial charge in [-0.2, -0.15) is 0 Å². The maximum atomic E-state index is 12.5. The van der Waals surface area contributed by atoms with Gasteiger partial charge in [0, 0.05) is 5.02 Å². The predicted octanol–water partition coefficient (Wildman–Crippen LogP) is 3.87. The lowest BCUT2D eigenvalue weighted by molar-refractivity contribution is 0.0600. The fourth-order valence-corrected chi connectivity index (χ4v) is 3.71. The zero-order chi connectivity index (χ0) is 20.3. The number of thiocarbonyl (C=S) groups is 1. The van der Waals surface area contributed by atoms with Crippen molar-refractivity contribution in [1.29, 1.82) is 0 Å². The number of nitrogens with zero attached hydrogens (tertiary/aromatic N) is 1. The molecule has 0 aliphatic heterocycles. The Kier molecular flexibility index (Phi) is 6.08. The molecule has 0 spiro atoms. The predicted molar refractivity (Wildman–Crippen MR) is 113 cm³/mol. The number of rotatable bonds is 4. The normalized spacial score (nSPS) is 10.4. The van der Waals surface area contributed by atoms with Gasteiger partial charge in [-0.05, 0) is 48.6 Å². The van der Waals surface area contributed by atoms with Gasteiger partial charge in [0.25, 0.3) is 5.91 Å². The molecular weight excluding hydrogens is 422 g/mol. The van der Waals surface area contributed by atoms with Gasteiger partial charge in [-0.3, -0.25) is 10.1 Å². The number of esters is 1. The number of amides is 1. The first-order valence-electron chi connectivity index (χ1n) is 7.86. The van der Waals surface area contributed by atoms with Crippen molar-refractivity contribution in [3.63, 3.8) is 0 Å². The Morgan fingerprint density at radius 1 is 1.18 bits per heavy atom. The summed E-state index contributed by atoms with van der Waals surface area (Å²) in [7, 11) is 2.78. The maximum absolute atomic E-state index is 12.5. The monoisotopic (exact) mass is 435 g/mol. The second-order valence-corrected chi connectivity index (χ2v) is 7.32. The molecule has 0 bridgehead atoms. The van der Waals surface area contributed by atoms with Crippen LogP contribution in [-0.2, 0) is 4.74 Å². The summed E-state index contributed by atoms with van der Waals surface area (Å²) in [6.07, 6.45) is 0. The lowest BCUT2D eigenvalue weighted by Crippen LogP contribution is -2.34. The van der Waals surface area contributed by atoms with E-state index in [0.29, 0.717) is 27.0 Å². The average molecular weight is 436 g/mol. The number of halogens is 1. The van der Waals surface area contributed by atoms with Crippen molar-refractivity contribution in [1.82, 2.24) is 10.3 Å². The van der Waals surface area contributed by atoms with Crippen molar-refractivity contribution in [2.45, 2.75) is 0 Å². The van der Waals surface area contributed by atoms with Crippen molar-refractivity contribution < 1.29 is 19.1 Å². The van der Waals surface area contributed by atoms with Crippen molar-refractivity contribution in [3.05, 3.63) is 52.5 Å². The molecule has 3 aromatic rings. The third-order valence-electron chi connectivity index (χ3n) is 3.66. The van der Waals surface area contributed by atoms with Crippen LogP contribution < -0.4 is 15.4 Å². The van der Waals surface area contributed by atoms with Gasteiger partial charge in [-0.25, -0.2) is 9.78 Å². The molecule has 0 atom stereocenters. The van der Waals surface area contributed by atoms with E-state index in [-0.39, 0.29) is 10.7 Å². The number of carbonyl (C=O) groups excluding carboxylic acids is 2. The van der Waals surface area contributed by atoms with Crippen LogP contribution in [0.25, 0.3) is 10.2 Å². The minimum Gasteiger partial charge on any atom is -0.496 e. The quantitative estimate of drug-likeness (QED) is 0.475. The molecule has 1 heterocycles. The van der Waals surface area contributed by atoms with E-state index in [1.807, 2.05) is 0 Å². The Morgan fingerprint density at radius 2 is 1.96 bits per heavy atom. The second kappa shape index (κ2) is 8.51. The number of hydrogen-bond donors (Lipinski definition) is 2. The van der Waals surface area contributed by atoms with E-state index in [1.165, 1.54) is 31.6 Å². The summed E-state index contributed by atoms with van der Waals surface area (Å²) in [5.74, 6) is -0.519. The lowest BCUT2D eigenvalue weighted by Gasteiger charge is -2.10. The summed E-state index contributed by atoms with van der Waals surface area (Å²) in [6, 6.07) is 9.73. The number of methoxy groups -OCH3 is 2. The van der Waals surface area contributed by atoms with Crippen molar-refractivity contribution in [2.24, 2.45) is 0 Å². The molecule has 28 heavy (non-hydrogen) atoms. The molecule has 0 saturated carbocycles. The van der Waals surface area contributed by atoms with E-state index in [0.717, 1.165) is 4.70 Å². The van der Waals surface area contributed by atoms with Crippen LogP contribution in [0.3, 0.4) is 0 Å². The first kappa shape index (κ1) is 20.0. The maximum Gasteiger partial charge on any atom is 0.337 e. The first-order valence-corrected chi connectivity index (χ1v) is 9.46. The smallest absolute Gasteiger partial charge is 0.337 e. The highest BCUT2D eigenvalue weighted by Gasteiger charge is 2.15. The highest BCUT2D eigenvalue weighted by Crippen LogP contribution is 2.27. The number of anilines is 1. The van der Waals surface area contributed by atoms with Gasteiger partial charge >= 0.3 is 5.97 Å². The van der Waals surface area contributed by atoms with Crippen LogP contribution >= 0.6 is 35.2 Å². The number of carbonyl (C=O) groups is 2. The van der Waals surface area contributed by atoms with E-state index >= 15 is 0 Å². The summed E-state index contributed by atoms with van der Waals surface area (Å²) < 4.78 is 10.7. The molecule has 1 aromatic heterocycles. The van der Waals surface area contributed by atoms with E-state index in [1.54, 1.807) is 30.3 Å². The third kappa shape index (κ3) is 4.38. The van der Waals surface area contributed by atoms with Crippen molar-refractivity contribution in [3.8, 4) is 5.75 Å². The number of nitrogens with one attached hydrogen (secondary N) is 2. The van der Waals surface area contributed by atoms with E-state index in [2.05, 4.69) is 15.6 Å². The van der Waals surface area contributed by atoms with Gasteiger partial charge in [0.1, 0.15) is 5.75 Å². The van der Waals surface area contributed by atoms with Crippen LogP contribution in [0.1, 0.15) is 20.7 Å². The molecule has 0 radical (unpaired) electrons. The zero-order valence-electron chi connectivity index (χ0n) is 14.7. The molecule has 3 rings (SSSR count). The summed E-state index contributed by atoms with van der Waals surface area (Å²) in [5, 5.41) is 6.37. The molecule has 0 fully saturated rings. The van der Waals surface area contributed by atoms with Crippen LogP contribution in [-0.4, -0.2) is 36.2 Å². The first-order chi connectivity index (χ1) is 13.4. The van der Waals surface area contributed by atoms with Gasteiger partial charge in [0.05, 0.1) is 35.6 Å².